The number of ether oxygens (including phenoxy) is 1. The molecule has 0 N–H and O–H groups in total. The SMILES string of the molecule is C=CC(C1=CC(=O)C(OC)=CC1=O)c1ccccc1.Cl.ClCCN(CCCl)CCCl. The summed E-state index contributed by atoms with van der Waals surface area (Å²) >= 11 is 16.6. The lowest BCUT2D eigenvalue weighted by molar-refractivity contribution is -0.117. The number of ketones is 2. The molecule has 2 rings (SSSR count). The third-order valence-corrected chi connectivity index (χ3v) is 4.73. The zero-order chi connectivity index (χ0) is 21.6. The van der Waals surface area contributed by atoms with E-state index in [2.05, 4.69) is 11.5 Å². The van der Waals surface area contributed by atoms with E-state index in [4.69, 9.17) is 39.5 Å². The number of methoxy groups -OCH3 is 1. The van der Waals surface area contributed by atoms with Crippen LogP contribution in [0.1, 0.15) is 11.5 Å². The Kier molecular flexibility index (Phi) is 15.7. The Hall–Kier alpha value is -1.30. The Bertz CT molecular complexity index is 721. The van der Waals surface area contributed by atoms with E-state index in [0.717, 1.165) is 25.2 Å². The van der Waals surface area contributed by atoms with Gasteiger partial charge in [-0.25, -0.2) is 0 Å². The van der Waals surface area contributed by atoms with Gasteiger partial charge in [-0.1, -0.05) is 36.4 Å². The molecule has 0 heterocycles. The van der Waals surface area contributed by atoms with Gasteiger partial charge >= 0.3 is 0 Å². The fourth-order valence-electron chi connectivity index (χ4n) is 2.76. The van der Waals surface area contributed by atoms with Crippen molar-refractivity contribution in [3.63, 3.8) is 0 Å². The summed E-state index contributed by atoms with van der Waals surface area (Å²) in [5.74, 6) is 1.22. The summed E-state index contributed by atoms with van der Waals surface area (Å²) in [6.07, 6.45) is 4.23. The molecule has 0 fully saturated rings. The third kappa shape index (κ3) is 9.23. The minimum atomic E-state index is -0.292. The minimum Gasteiger partial charge on any atom is -0.493 e. The third-order valence-electron chi connectivity index (χ3n) is 4.23. The molecular formula is C22H27Cl4NO3. The van der Waals surface area contributed by atoms with Crippen LogP contribution in [0.2, 0.25) is 0 Å². The van der Waals surface area contributed by atoms with Crippen LogP contribution in [0.3, 0.4) is 0 Å². The van der Waals surface area contributed by atoms with Gasteiger partial charge in [0.15, 0.2) is 11.5 Å². The van der Waals surface area contributed by atoms with E-state index < -0.39 is 0 Å². The predicted molar refractivity (Wildman–Crippen MR) is 128 cm³/mol. The number of halogens is 4. The van der Waals surface area contributed by atoms with Gasteiger partial charge in [0.05, 0.1) is 7.11 Å². The van der Waals surface area contributed by atoms with Crippen LogP contribution in [0, 0.1) is 0 Å². The maximum absolute atomic E-state index is 12.1. The molecule has 0 saturated heterocycles. The second-order valence-corrected chi connectivity index (χ2v) is 7.21. The monoisotopic (exact) mass is 493 g/mol. The molecule has 0 aliphatic heterocycles. The van der Waals surface area contributed by atoms with Gasteiger partial charge in [-0.2, -0.15) is 0 Å². The fourth-order valence-corrected chi connectivity index (χ4v) is 3.47. The maximum atomic E-state index is 12.1. The number of hydrogen-bond acceptors (Lipinski definition) is 4. The Balaban J connectivity index is 0.000000658. The van der Waals surface area contributed by atoms with Crippen molar-refractivity contribution in [3.05, 3.63) is 72.0 Å². The second kappa shape index (κ2) is 16.4. The Morgan fingerprint density at radius 1 is 0.967 bits per heavy atom. The number of nitrogens with zero attached hydrogens (tertiary/aromatic N) is 1. The minimum absolute atomic E-state index is 0. The molecule has 166 valence electrons. The molecule has 1 aliphatic carbocycles. The second-order valence-electron chi connectivity index (χ2n) is 6.07. The molecule has 1 unspecified atom stereocenters. The van der Waals surface area contributed by atoms with E-state index >= 15 is 0 Å². The maximum Gasteiger partial charge on any atom is 0.220 e. The molecule has 0 aromatic heterocycles. The summed E-state index contributed by atoms with van der Waals surface area (Å²) in [4.78, 5) is 26.0. The number of carbonyl (C=O) groups is 2. The van der Waals surface area contributed by atoms with E-state index in [0.29, 0.717) is 23.2 Å². The standard InChI is InChI=1S/C16H14O3.C6H12Cl3N.ClH/c1-3-12(11-7-5-4-6-8-11)13-9-15(18)16(19-2)10-14(13)17;7-1-4-10(5-2-8)6-3-9;/h3-10,12H,1H2,2H3;1-6H2;1H. The van der Waals surface area contributed by atoms with Crippen molar-refractivity contribution in [2.24, 2.45) is 0 Å². The molecule has 1 aliphatic rings. The normalized spacial score (nSPS) is 14.0. The predicted octanol–water partition coefficient (Wildman–Crippen LogP) is 4.99. The lowest BCUT2D eigenvalue weighted by Crippen LogP contribution is -2.29. The van der Waals surface area contributed by atoms with Crippen LogP contribution >= 0.6 is 47.2 Å². The van der Waals surface area contributed by atoms with Gasteiger partial charge in [-0.15, -0.1) is 53.8 Å². The number of rotatable bonds is 10. The zero-order valence-corrected chi connectivity index (χ0v) is 19.9. The number of hydrogen-bond donors (Lipinski definition) is 0. The molecule has 1 aromatic carbocycles. The van der Waals surface area contributed by atoms with Gasteiger partial charge in [0, 0.05) is 54.8 Å². The summed E-state index contributed by atoms with van der Waals surface area (Å²) < 4.78 is 4.86. The van der Waals surface area contributed by atoms with Crippen molar-refractivity contribution < 1.29 is 14.3 Å². The smallest absolute Gasteiger partial charge is 0.220 e. The number of benzene rings is 1. The molecule has 0 radical (unpaired) electrons. The zero-order valence-electron chi connectivity index (χ0n) is 16.9. The Morgan fingerprint density at radius 3 is 1.93 bits per heavy atom. The van der Waals surface area contributed by atoms with Gasteiger partial charge in [0.2, 0.25) is 5.78 Å². The van der Waals surface area contributed by atoms with Crippen LogP contribution in [-0.2, 0) is 14.3 Å². The molecule has 0 saturated carbocycles. The molecule has 1 atom stereocenters. The average molecular weight is 495 g/mol. The molecule has 0 bridgehead atoms. The largest absolute Gasteiger partial charge is 0.493 e. The van der Waals surface area contributed by atoms with Crippen LogP contribution in [0.25, 0.3) is 0 Å². The summed E-state index contributed by atoms with van der Waals surface area (Å²) in [6, 6.07) is 9.48. The van der Waals surface area contributed by atoms with E-state index in [1.54, 1.807) is 6.08 Å². The number of carbonyl (C=O) groups excluding carboxylic acids is 2. The molecule has 30 heavy (non-hydrogen) atoms. The summed E-state index contributed by atoms with van der Waals surface area (Å²) in [5.41, 5.74) is 1.35. The highest BCUT2D eigenvalue weighted by Crippen LogP contribution is 2.29. The van der Waals surface area contributed by atoms with Crippen LogP contribution in [0.4, 0.5) is 0 Å². The van der Waals surface area contributed by atoms with E-state index in [1.807, 2.05) is 30.3 Å². The fraction of sp³-hybridized carbons (Fsp3) is 0.364. The molecule has 8 heteroatoms. The molecule has 1 aromatic rings. The van der Waals surface area contributed by atoms with Crippen molar-refractivity contribution in [2.75, 3.05) is 44.4 Å². The summed E-state index contributed by atoms with van der Waals surface area (Å²) in [7, 11) is 1.37. The Labute approximate surface area is 199 Å². The van der Waals surface area contributed by atoms with E-state index in [-0.39, 0.29) is 35.7 Å². The lowest BCUT2D eigenvalue weighted by Gasteiger charge is -2.18. The van der Waals surface area contributed by atoms with Crippen molar-refractivity contribution in [3.8, 4) is 0 Å². The number of allylic oxidation sites excluding steroid dienone is 4. The molecule has 0 amide bonds. The summed E-state index contributed by atoms with van der Waals surface area (Å²) in [5, 5.41) is 0. The number of alkyl halides is 3. The molecule has 0 spiro atoms. The average Bonchev–Trinajstić information content (AvgIpc) is 2.73. The highest BCUT2D eigenvalue weighted by molar-refractivity contribution is 6.20. The van der Waals surface area contributed by atoms with Gasteiger partial charge in [-0.3, -0.25) is 14.5 Å². The first kappa shape index (κ1) is 28.7. The quantitative estimate of drug-likeness (QED) is 0.261. The molecular weight excluding hydrogens is 468 g/mol. The van der Waals surface area contributed by atoms with Gasteiger partial charge < -0.3 is 4.74 Å². The first-order valence-corrected chi connectivity index (χ1v) is 10.8. The van der Waals surface area contributed by atoms with Crippen molar-refractivity contribution >= 4 is 58.8 Å². The van der Waals surface area contributed by atoms with Crippen molar-refractivity contribution in [2.45, 2.75) is 5.92 Å². The topological polar surface area (TPSA) is 46.6 Å². The van der Waals surface area contributed by atoms with Gasteiger partial charge in [0.25, 0.3) is 0 Å². The van der Waals surface area contributed by atoms with Crippen LogP contribution in [-0.4, -0.2) is 60.9 Å². The summed E-state index contributed by atoms with van der Waals surface area (Å²) in [6.45, 7) is 6.38. The Morgan fingerprint density at radius 2 is 1.50 bits per heavy atom. The lowest BCUT2D eigenvalue weighted by atomic mass is 9.85. The van der Waals surface area contributed by atoms with Crippen molar-refractivity contribution in [1.82, 2.24) is 4.90 Å². The highest BCUT2D eigenvalue weighted by atomic mass is 35.5. The van der Waals surface area contributed by atoms with Crippen molar-refractivity contribution in [1.29, 1.82) is 0 Å². The first-order valence-electron chi connectivity index (χ1n) is 9.16. The first-order chi connectivity index (χ1) is 14.0. The van der Waals surface area contributed by atoms with E-state index in [9.17, 15) is 9.59 Å². The van der Waals surface area contributed by atoms with Gasteiger partial charge in [-0.05, 0) is 11.6 Å². The van der Waals surface area contributed by atoms with Crippen LogP contribution in [0.5, 0.6) is 0 Å². The van der Waals surface area contributed by atoms with Gasteiger partial charge in [0.1, 0.15) is 0 Å². The van der Waals surface area contributed by atoms with E-state index in [1.165, 1.54) is 19.3 Å². The van der Waals surface area contributed by atoms with Crippen LogP contribution < -0.4 is 0 Å². The van der Waals surface area contributed by atoms with Crippen LogP contribution in [0.15, 0.2) is 66.5 Å². The molecule has 4 nitrogen and oxygen atoms in total. The highest BCUT2D eigenvalue weighted by Gasteiger charge is 2.26.